The number of aromatic nitrogens is 2. The third kappa shape index (κ3) is 3.66. The molecule has 0 aliphatic heterocycles. The monoisotopic (exact) mass is 355 g/mol. The van der Waals surface area contributed by atoms with Gasteiger partial charge >= 0.3 is 11.9 Å². The third-order valence-electron chi connectivity index (χ3n) is 3.51. The lowest BCUT2D eigenvalue weighted by atomic mass is 10.1. The Morgan fingerprint density at radius 2 is 2.19 bits per heavy atom. The molecule has 2 heterocycles. The van der Waals surface area contributed by atoms with Gasteiger partial charge in [0, 0.05) is 6.08 Å². The Hall–Kier alpha value is -3.75. The van der Waals surface area contributed by atoms with Gasteiger partial charge in [0.05, 0.1) is 17.0 Å². The van der Waals surface area contributed by atoms with Crippen LogP contribution in [0.25, 0.3) is 17.0 Å². The van der Waals surface area contributed by atoms with Gasteiger partial charge in [-0.1, -0.05) is 12.1 Å². The highest BCUT2D eigenvalue weighted by atomic mass is 16.6. The van der Waals surface area contributed by atoms with E-state index in [2.05, 4.69) is 9.97 Å². The molecule has 1 aromatic carbocycles. The Morgan fingerprint density at radius 3 is 2.92 bits per heavy atom. The number of carbonyl (C=O) groups excluding carboxylic acids is 1. The van der Waals surface area contributed by atoms with Gasteiger partial charge in [0.15, 0.2) is 0 Å². The molecule has 0 spiro atoms. The van der Waals surface area contributed by atoms with E-state index in [1.807, 2.05) is 13.0 Å². The summed E-state index contributed by atoms with van der Waals surface area (Å²) in [6, 6.07) is 7.79. The predicted octanol–water partition coefficient (Wildman–Crippen LogP) is 2.49. The molecule has 3 rings (SSSR count). The fourth-order valence-electron chi connectivity index (χ4n) is 2.29. The molecule has 9 nitrogen and oxygen atoms in total. The summed E-state index contributed by atoms with van der Waals surface area (Å²) >= 11 is 0. The molecule has 0 fully saturated rings. The molecule has 26 heavy (non-hydrogen) atoms. The third-order valence-corrected chi connectivity index (χ3v) is 3.51. The molecule has 0 amide bonds. The first kappa shape index (κ1) is 17.1. The van der Waals surface area contributed by atoms with Gasteiger partial charge in [-0.3, -0.25) is 14.9 Å². The second-order valence-corrected chi connectivity index (χ2v) is 5.36. The predicted molar refractivity (Wildman–Crippen MR) is 91.3 cm³/mol. The summed E-state index contributed by atoms with van der Waals surface area (Å²) in [5.41, 5.74) is 1.06. The average Bonchev–Trinajstić information content (AvgIpc) is 3.08. The van der Waals surface area contributed by atoms with Crippen molar-refractivity contribution in [1.29, 1.82) is 0 Å². The molecular weight excluding hydrogens is 342 g/mol. The zero-order valence-electron chi connectivity index (χ0n) is 13.6. The van der Waals surface area contributed by atoms with Gasteiger partial charge in [0.1, 0.15) is 23.1 Å². The van der Waals surface area contributed by atoms with E-state index in [9.17, 15) is 19.7 Å². The number of aromatic amines is 1. The van der Waals surface area contributed by atoms with Crippen molar-refractivity contribution in [2.75, 3.05) is 0 Å². The molecule has 2 aromatic heterocycles. The maximum atomic E-state index is 12.0. The fraction of sp³-hybridized carbons (Fsp3) is 0.118. The zero-order valence-corrected chi connectivity index (χ0v) is 13.6. The summed E-state index contributed by atoms with van der Waals surface area (Å²) in [6.45, 7) is 1.61. The lowest BCUT2D eigenvalue weighted by Crippen LogP contribution is -2.14. The molecule has 1 N–H and O–H groups in total. The summed E-state index contributed by atoms with van der Waals surface area (Å²) in [5, 5.41) is 11.0. The standard InChI is InChI=1S/C17H13N3O6/c1-10-3-2-4-12-16(10)18-13(19-17(12)22)9-25-15(21)8-6-11-5-7-14(26-11)20(23)24/h2-8H,9H2,1H3,(H,18,19,22)/b8-6+. The van der Waals surface area contributed by atoms with Gasteiger partial charge in [-0.15, -0.1) is 0 Å². The number of furan rings is 1. The fourth-order valence-corrected chi connectivity index (χ4v) is 2.29. The number of nitrogens with zero attached hydrogens (tertiary/aromatic N) is 2. The number of hydrogen-bond donors (Lipinski definition) is 1. The van der Waals surface area contributed by atoms with E-state index in [1.165, 1.54) is 18.2 Å². The van der Waals surface area contributed by atoms with Gasteiger partial charge in [-0.2, -0.15) is 0 Å². The van der Waals surface area contributed by atoms with Crippen LogP contribution in [-0.2, 0) is 16.1 Å². The normalized spacial score (nSPS) is 11.1. The van der Waals surface area contributed by atoms with E-state index < -0.39 is 16.8 Å². The van der Waals surface area contributed by atoms with Gasteiger partial charge in [-0.05, 0) is 30.7 Å². The van der Waals surface area contributed by atoms with Gasteiger partial charge in [0.2, 0.25) is 0 Å². The molecular formula is C17H13N3O6. The Morgan fingerprint density at radius 1 is 1.38 bits per heavy atom. The molecule has 0 radical (unpaired) electrons. The maximum Gasteiger partial charge on any atom is 0.433 e. The number of nitrogens with one attached hydrogen (secondary N) is 1. The lowest BCUT2D eigenvalue weighted by molar-refractivity contribution is -0.402. The maximum absolute atomic E-state index is 12.0. The van der Waals surface area contributed by atoms with Crippen LogP contribution in [0.15, 0.2) is 45.6 Å². The highest BCUT2D eigenvalue weighted by Crippen LogP contribution is 2.16. The number of nitro groups is 1. The Labute approximate surface area is 146 Å². The van der Waals surface area contributed by atoms with Crippen LogP contribution in [0.2, 0.25) is 0 Å². The van der Waals surface area contributed by atoms with E-state index in [-0.39, 0.29) is 23.8 Å². The van der Waals surface area contributed by atoms with E-state index in [4.69, 9.17) is 9.15 Å². The van der Waals surface area contributed by atoms with Gasteiger partial charge in [-0.25, -0.2) is 9.78 Å². The van der Waals surface area contributed by atoms with Crippen molar-refractivity contribution in [3.05, 3.63) is 74.0 Å². The van der Waals surface area contributed by atoms with Crippen molar-refractivity contribution in [2.45, 2.75) is 13.5 Å². The number of esters is 1. The van der Waals surface area contributed by atoms with Crippen LogP contribution in [0.4, 0.5) is 5.88 Å². The average molecular weight is 355 g/mol. The Kier molecular flexibility index (Phi) is 4.61. The first-order valence-electron chi connectivity index (χ1n) is 7.51. The number of H-pyrrole nitrogens is 1. The molecule has 0 aliphatic rings. The van der Waals surface area contributed by atoms with Crippen LogP contribution in [0.5, 0.6) is 0 Å². The minimum absolute atomic E-state index is 0.140. The number of aryl methyl sites for hydroxylation is 1. The molecule has 0 atom stereocenters. The topological polar surface area (TPSA) is 128 Å². The first-order valence-corrected chi connectivity index (χ1v) is 7.51. The zero-order chi connectivity index (χ0) is 18.7. The summed E-state index contributed by atoms with van der Waals surface area (Å²) in [7, 11) is 0. The number of fused-ring (bicyclic) bond motifs is 1. The SMILES string of the molecule is Cc1cccc2c(=O)[nH]c(COC(=O)/C=C/c3ccc([N+](=O)[O-])o3)nc12. The minimum atomic E-state index is -0.711. The number of benzene rings is 1. The van der Waals surface area contributed by atoms with Crippen LogP contribution < -0.4 is 5.56 Å². The van der Waals surface area contributed by atoms with Gasteiger partial charge < -0.3 is 14.1 Å². The van der Waals surface area contributed by atoms with Crippen molar-refractivity contribution in [3.8, 4) is 0 Å². The number of ether oxygens (including phenoxy) is 1. The van der Waals surface area contributed by atoms with Crippen molar-refractivity contribution in [2.24, 2.45) is 0 Å². The highest BCUT2D eigenvalue weighted by Gasteiger charge is 2.11. The van der Waals surface area contributed by atoms with Crippen LogP contribution in [0.1, 0.15) is 17.1 Å². The van der Waals surface area contributed by atoms with E-state index in [0.717, 1.165) is 11.6 Å². The van der Waals surface area contributed by atoms with Crippen LogP contribution >= 0.6 is 0 Å². The lowest BCUT2D eigenvalue weighted by Gasteiger charge is -2.05. The molecule has 0 saturated carbocycles. The summed E-state index contributed by atoms with van der Waals surface area (Å²) < 4.78 is 9.90. The second kappa shape index (κ2) is 7.01. The van der Waals surface area contributed by atoms with Crippen molar-refractivity contribution >= 4 is 28.8 Å². The van der Waals surface area contributed by atoms with Crippen LogP contribution in [0.3, 0.4) is 0 Å². The van der Waals surface area contributed by atoms with Gasteiger partial charge in [0.25, 0.3) is 5.56 Å². The number of carbonyl (C=O) groups is 1. The van der Waals surface area contributed by atoms with Crippen LogP contribution in [-0.4, -0.2) is 20.9 Å². The van der Waals surface area contributed by atoms with E-state index in [0.29, 0.717) is 10.9 Å². The summed E-state index contributed by atoms with van der Waals surface area (Å²) in [6.07, 6.45) is 2.31. The van der Waals surface area contributed by atoms with Crippen molar-refractivity contribution in [3.63, 3.8) is 0 Å². The molecule has 0 unspecified atom stereocenters. The van der Waals surface area contributed by atoms with E-state index >= 15 is 0 Å². The molecule has 3 aromatic rings. The molecule has 0 aliphatic carbocycles. The number of para-hydroxylation sites is 1. The molecule has 0 saturated heterocycles. The molecule has 9 heteroatoms. The molecule has 132 valence electrons. The van der Waals surface area contributed by atoms with E-state index in [1.54, 1.807) is 12.1 Å². The number of rotatable bonds is 5. The quantitative estimate of drug-likeness (QED) is 0.322. The highest BCUT2D eigenvalue weighted by molar-refractivity contribution is 5.86. The Balaban J connectivity index is 1.68. The summed E-state index contributed by atoms with van der Waals surface area (Å²) in [5.74, 6) is -0.781. The minimum Gasteiger partial charge on any atom is -0.454 e. The second-order valence-electron chi connectivity index (χ2n) is 5.36. The van der Waals surface area contributed by atoms with Crippen molar-refractivity contribution in [1.82, 2.24) is 9.97 Å². The largest absolute Gasteiger partial charge is 0.454 e. The van der Waals surface area contributed by atoms with Crippen molar-refractivity contribution < 1.29 is 18.9 Å². The molecule has 0 bridgehead atoms. The summed E-state index contributed by atoms with van der Waals surface area (Å²) in [4.78, 5) is 40.5. The number of hydrogen-bond acceptors (Lipinski definition) is 7. The first-order chi connectivity index (χ1) is 12.4. The Bertz CT molecular complexity index is 1080. The smallest absolute Gasteiger partial charge is 0.433 e. The van der Waals surface area contributed by atoms with Crippen LogP contribution in [0, 0.1) is 17.0 Å².